The molecule has 6 heteroatoms. The lowest BCUT2D eigenvalue weighted by Crippen LogP contribution is -2.05. The molecule has 2 aromatic rings. The van der Waals surface area contributed by atoms with Crippen LogP contribution < -0.4 is 0 Å². The highest BCUT2D eigenvalue weighted by Gasteiger charge is 2.07. The Hall–Kier alpha value is -1.20. The molecule has 1 aromatic carbocycles. The van der Waals surface area contributed by atoms with Crippen LogP contribution in [0.1, 0.15) is 12.0 Å². The first kappa shape index (κ1) is 13.2. The zero-order chi connectivity index (χ0) is 13.0. The standard InChI is InChI=1S/C12H14ClN3OS/c1-18(17)12-15-14-9-16(12)8-2-3-10-4-6-11(13)7-5-10/h4-7,9H,2-3,8H2,1H3/t18-/m0/s1. The highest BCUT2D eigenvalue weighted by atomic mass is 35.5. The number of hydrogen-bond acceptors (Lipinski definition) is 3. The van der Waals surface area contributed by atoms with Crippen LogP contribution in [0.5, 0.6) is 0 Å². The summed E-state index contributed by atoms with van der Waals surface area (Å²) in [7, 11) is -1.09. The summed E-state index contributed by atoms with van der Waals surface area (Å²) in [6.45, 7) is 0.768. The lowest BCUT2D eigenvalue weighted by molar-refractivity contribution is 0.584. The minimum atomic E-state index is -1.09. The van der Waals surface area contributed by atoms with Crippen molar-refractivity contribution in [3.8, 4) is 0 Å². The molecule has 0 spiro atoms. The molecule has 0 fully saturated rings. The summed E-state index contributed by atoms with van der Waals surface area (Å²) in [5.74, 6) is 0. The smallest absolute Gasteiger partial charge is 0.221 e. The van der Waals surface area contributed by atoms with Crippen LogP contribution in [0, 0.1) is 0 Å². The number of aryl methyl sites for hydroxylation is 2. The van der Waals surface area contributed by atoms with Gasteiger partial charge in [-0.05, 0) is 30.5 Å². The number of rotatable bonds is 5. The lowest BCUT2D eigenvalue weighted by atomic mass is 10.1. The number of nitrogens with zero attached hydrogens (tertiary/aromatic N) is 3. The van der Waals surface area contributed by atoms with Crippen molar-refractivity contribution in [2.75, 3.05) is 6.26 Å². The first-order valence-electron chi connectivity index (χ1n) is 5.62. The van der Waals surface area contributed by atoms with Gasteiger partial charge in [0.2, 0.25) is 5.16 Å². The number of aromatic nitrogens is 3. The molecular formula is C12H14ClN3OS. The lowest BCUT2D eigenvalue weighted by Gasteiger charge is -2.05. The topological polar surface area (TPSA) is 47.8 Å². The van der Waals surface area contributed by atoms with Gasteiger partial charge in [-0.1, -0.05) is 23.7 Å². The molecule has 0 bridgehead atoms. The summed E-state index contributed by atoms with van der Waals surface area (Å²) in [5, 5.41) is 8.92. The SMILES string of the molecule is C[S@](=O)c1nncn1CCCc1ccc(Cl)cc1. The van der Waals surface area contributed by atoms with Gasteiger partial charge in [-0.15, -0.1) is 10.2 Å². The van der Waals surface area contributed by atoms with Crippen LogP contribution >= 0.6 is 11.6 Å². The predicted molar refractivity (Wildman–Crippen MR) is 72.1 cm³/mol. The molecule has 96 valence electrons. The summed E-state index contributed by atoms with van der Waals surface area (Å²) in [6.07, 6.45) is 5.13. The quantitative estimate of drug-likeness (QED) is 0.846. The van der Waals surface area contributed by atoms with E-state index in [-0.39, 0.29) is 0 Å². The van der Waals surface area contributed by atoms with E-state index in [9.17, 15) is 4.21 Å². The van der Waals surface area contributed by atoms with E-state index in [1.54, 1.807) is 12.6 Å². The van der Waals surface area contributed by atoms with Gasteiger partial charge in [0.15, 0.2) is 0 Å². The Morgan fingerprint density at radius 3 is 2.72 bits per heavy atom. The number of halogens is 1. The Morgan fingerprint density at radius 1 is 1.33 bits per heavy atom. The molecule has 0 aliphatic carbocycles. The summed E-state index contributed by atoms with van der Waals surface area (Å²) < 4.78 is 13.2. The summed E-state index contributed by atoms with van der Waals surface area (Å²) in [6, 6.07) is 7.82. The van der Waals surface area contributed by atoms with E-state index in [4.69, 9.17) is 11.6 Å². The van der Waals surface area contributed by atoms with Crippen molar-refractivity contribution in [2.24, 2.45) is 0 Å². The predicted octanol–water partition coefficient (Wildman–Crippen LogP) is 2.30. The molecule has 4 nitrogen and oxygen atoms in total. The fourth-order valence-corrected chi connectivity index (χ4v) is 2.48. The molecule has 1 atom stereocenters. The van der Waals surface area contributed by atoms with Crippen LogP contribution in [0.25, 0.3) is 0 Å². The Bertz CT molecular complexity index is 539. The molecule has 0 radical (unpaired) electrons. The zero-order valence-electron chi connectivity index (χ0n) is 10.0. The minimum Gasteiger partial charge on any atom is -0.307 e. The van der Waals surface area contributed by atoms with E-state index in [2.05, 4.69) is 10.2 Å². The van der Waals surface area contributed by atoms with Crippen molar-refractivity contribution in [3.05, 3.63) is 41.2 Å². The van der Waals surface area contributed by atoms with Gasteiger partial charge in [0.05, 0.1) is 10.8 Å². The van der Waals surface area contributed by atoms with Gasteiger partial charge < -0.3 is 4.57 Å². The first-order valence-corrected chi connectivity index (χ1v) is 7.56. The van der Waals surface area contributed by atoms with E-state index in [0.717, 1.165) is 24.4 Å². The van der Waals surface area contributed by atoms with Gasteiger partial charge >= 0.3 is 0 Å². The Morgan fingerprint density at radius 2 is 2.06 bits per heavy atom. The normalized spacial score (nSPS) is 12.6. The molecule has 2 rings (SSSR count). The highest BCUT2D eigenvalue weighted by Crippen LogP contribution is 2.11. The van der Waals surface area contributed by atoms with Crippen LogP contribution in [0.15, 0.2) is 35.7 Å². The highest BCUT2D eigenvalue weighted by molar-refractivity contribution is 7.84. The van der Waals surface area contributed by atoms with E-state index in [0.29, 0.717) is 5.16 Å². The van der Waals surface area contributed by atoms with Crippen molar-refractivity contribution in [2.45, 2.75) is 24.5 Å². The monoisotopic (exact) mass is 283 g/mol. The van der Waals surface area contributed by atoms with Crippen LogP contribution in [-0.2, 0) is 23.8 Å². The molecule has 0 amide bonds. The number of hydrogen-bond donors (Lipinski definition) is 0. The van der Waals surface area contributed by atoms with Crippen molar-refractivity contribution in [3.63, 3.8) is 0 Å². The van der Waals surface area contributed by atoms with Crippen molar-refractivity contribution >= 4 is 22.4 Å². The fourth-order valence-electron chi connectivity index (χ4n) is 1.72. The molecule has 0 N–H and O–H groups in total. The zero-order valence-corrected chi connectivity index (χ0v) is 11.6. The van der Waals surface area contributed by atoms with Gasteiger partial charge in [0, 0.05) is 17.8 Å². The van der Waals surface area contributed by atoms with Crippen LogP contribution in [-0.4, -0.2) is 25.2 Å². The van der Waals surface area contributed by atoms with E-state index < -0.39 is 10.8 Å². The van der Waals surface area contributed by atoms with Gasteiger partial charge in [-0.2, -0.15) is 0 Å². The first-order chi connectivity index (χ1) is 8.66. The Balaban J connectivity index is 1.90. The molecule has 0 aliphatic heterocycles. The summed E-state index contributed by atoms with van der Waals surface area (Å²) in [4.78, 5) is 0. The number of benzene rings is 1. The van der Waals surface area contributed by atoms with Crippen LogP contribution in [0.2, 0.25) is 5.02 Å². The molecule has 1 aromatic heterocycles. The third kappa shape index (κ3) is 3.40. The van der Waals surface area contributed by atoms with Gasteiger partial charge in [0.25, 0.3) is 0 Å². The van der Waals surface area contributed by atoms with E-state index in [1.807, 2.05) is 28.8 Å². The molecule has 0 aliphatic rings. The second-order valence-corrected chi connectivity index (χ2v) is 5.70. The Kier molecular flexibility index (Phi) is 4.49. The molecular weight excluding hydrogens is 270 g/mol. The third-order valence-corrected chi connectivity index (χ3v) is 3.70. The summed E-state index contributed by atoms with van der Waals surface area (Å²) in [5.41, 5.74) is 1.24. The second-order valence-electron chi connectivity index (χ2n) is 3.99. The summed E-state index contributed by atoms with van der Waals surface area (Å²) >= 11 is 5.83. The van der Waals surface area contributed by atoms with Gasteiger partial charge in [0.1, 0.15) is 6.33 Å². The molecule has 0 saturated carbocycles. The third-order valence-electron chi connectivity index (χ3n) is 2.61. The maximum atomic E-state index is 11.4. The van der Waals surface area contributed by atoms with Crippen molar-refractivity contribution in [1.29, 1.82) is 0 Å². The fraction of sp³-hybridized carbons (Fsp3) is 0.333. The maximum Gasteiger partial charge on any atom is 0.221 e. The average Bonchev–Trinajstić information content (AvgIpc) is 2.80. The average molecular weight is 284 g/mol. The second kappa shape index (κ2) is 6.11. The van der Waals surface area contributed by atoms with E-state index >= 15 is 0 Å². The molecule has 18 heavy (non-hydrogen) atoms. The van der Waals surface area contributed by atoms with Crippen LogP contribution in [0.4, 0.5) is 0 Å². The van der Waals surface area contributed by atoms with E-state index in [1.165, 1.54) is 5.56 Å². The minimum absolute atomic E-state index is 0.533. The maximum absolute atomic E-state index is 11.4. The molecule has 0 saturated heterocycles. The van der Waals surface area contributed by atoms with Crippen LogP contribution in [0.3, 0.4) is 0 Å². The van der Waals surface area contributed by atoms with Crippen molar-refractivity contribution < 1.29 is 4.21 Å². The van der Waals surface area contributed by atoms with Gasteiger partial charge in [-0.3, -0.25) is 4.21 Å². The van der Waals surface area contributed by atoms with Gasteiger partial charge in [-0.25, -0.2) is 0 Å². The van der Waals surface area contributed by atoms with Crippen molar-refractivity contribution in [1.82, 2.24) is 14.8 Å². The Labute approximate surface area is 113 Å². The molecule has 1 heterocycles. The molecule has 0 unspecified atom stereocenters. The largest absolute Gasteiger partial charge is 0.307 e.